The summed E-state index contributed by atoms with van der Waals surface area (Å²) in [5, 5.41) is 3.66. The van der Waals surface area contributed by atoms with Crippen molar-refractivity contribution < 1.29 is 18.7 Å². The number of nitrogens with one attached hydrogen (secondary N) is 1. The van der Waals surface area contributed by atoms with Gasteiger partial charge in [0, 0.05) is 30.6 Å². The number of nitrogens with zero attached hydrogens (tertiary/aromatic N) is 1. The van der Waals surface area contributed by atoms with E-state index in [1.54, 1.807) is 25.4 Å². The Labute approximate surface area is 154 Å². The molecule has 0 unspecified atom stereocenters. The monoisotopic (exact) mass is 374 g/mol. The van der Waals surface area contributed by atoms with Crippen molar-refractivity contribution in [3.05, 3.63) is 58.3 Å². The van der Waals surface area contributed by atoms with Crippen molar-refractivity contribution in [1.29, 1.82) is 0 Å². The summed E-state index contributed by atoms with van der Waals surface area (Å²) in [7, 11) is 1.61. The summed E-state index contributed by atoms with van der Waals surface area (Å²) in [4.78, 5) is 17.3. The van der Waals surface area contributed by atoms with Crippen molar-refractivity contribution in [3.8, 4) is 5.88 Å². The van der Waals surface area contributed by atoms with Crippen LogP contribution in [-0.4, -0.2) is 31.2 Å². The predicted molar refractivity (Wildman–Crippen MR) is 99.3 cm³/mol. The molecule has 0 spiro atoms. The molecule has 0 bridgehead atoms. The van der Waals surface area contributed by atoms with Crippen LogP contribution < -0.4 is 10.1 Å². The van der Waals surface area contributed by atoms with Gasteiger partial charge in [0.05, 0.1) is 11.5 Å². The molecule has 0 aliphatic heterocycles. The highest BCUT2D eigenvalue weighted by Gasteiger charge is 2.15. The fourth-order valence-corrected chi connectivity index (χ4v) is 3.61. The molecule has 136 valence electrons. The van der Waals surface area contributed by atoms with E-state index in [1.807, 2.05) is 13.0 Å². The highest BCUT2D eigenvalue weighted by atomic mass is 32.1. The average Bonchev–Trinajstić information content (AvgIpc) is 2.97. The SMILES string of the molecule is COCCOc1ccc(CNC(=O)c2sc3ccc(F)cc3c2C)cn1. The minimum atomic E-state index is -0.302. The molecule has 1 N–H and O–H groups in total. The van der Waals surface area contributed by atoms with Crippen LogP contribution in [0.2, 0.25) is 0 Å². The number of carbonyl (C=O) groups is 1. The second-order valence-electron chi connectivity index (χ2n) is 5.73. The second kappa shape index (κ2) is 8.25. The zero-order valence-electron chi connectivity index (χ0n) is 14.5. The highest BCUT2D eigenvalue weighted by Crippen LogP contribution is 2.31. The molecular formula is C19H19FN2O3S. The first-order valence-corrected chi connectivity index (χ1v) is 8.93. The van der Waals surface area contributed by atoms with E-state index in [2.05, 4.69) is 10.3 Å². The third-order valence-electron chi connectivity index (χ3n) is 3.89. The molecule has 7 heteroatoms. The lowest BCUT2D eigenvalue weighted by Gasteiger charge is -2.07. The summed E-state index contributed by atoms with van der Waals surface area (Å²) in [6.45, 7) is 3.12. The van der Waals surface area contributed by atoms with E-state index in [4.69, 9.17) is 9.47 Å². The Morgan fingerprint density at radius 2 is 2.12 bits per heavy atom. The van der Waals surface area contributed by atoms with Gasteiger partial charge in [-0.3, -0.25) is 4.79 Å². The topological polar surface area (TPSA) is 60.5 Å². The largest absolute Gasteiger partial charge is 0.475 e. The smallest absolute Gasteiger partial charge is 0.261 e. The van der Waals surface area contributed by atoms with Gasteiger partial charge in [0.2, 0.25) is 5.88 Å². The first-order chi connectivity index (χ1) is 12.6. The molecule has 2 heterocycles. The first kappa shape index (κ1) is 18.3. The van der Waals surface area contributed by atoms with E-state index >= 15 is 0 Å². The number of benzene rings is 1. The van der Waals surface area contributed by atoms with Crippen molar-refractivity contribution >= 4 is 27.3 Å². The molecule has 0 aliphatic carbocycles. The van der Waals surface area contributed by atoms with Gasteiger partial charge in [-0.1, -0.05) is 6.07 Å². The number of amides is 1. The summed E-state index contributed by atoms with van der Waals surface area (Å²) in [5.41, 5.74) is 1.66. The minimum Gasteiger partial charge on any atom is -0.475 e. The quantitative estimate of drug-likeness (QED) is 0.641. The summed E-state index contributed by atoms with van der Waals surface area (Å²) in [6.07, 6.45) is 1.66. The van der Waals surface area contributed by atoms with Gasteiger partial charge >= 0.3 is 0 Å². The van der Waals surface area contributed by atoms with Crippen molar-refractivity contribution in [3.63, 3.8) is 0 Å². The molecule has 26 heavy (non-hydrogen) atoms. The molecule has 1 amide bonds. The fourth-order valence-electron chi connectivity index (χ4n) is 2.50. The van der Waals surface area contributed by atoms with Crippen LogP contribution in [0.15, 0.2) is 36.5 Å². The number of aromatic nitrogens is 1. The maximum absolute atomic E-state index is 13.4. The van der Waals surface area contributed by atoms with Gasteiger partial charge in [0.25, 0.3) is 5.91 Å². The third kappa shape index (κ3) is 4.17. The Hall–Kier alpha value is -2.51. The average molecular weight is 374 g/mol. The van der Waals surface area contributed by atoms with Gasteiger partial charge < -0.3 is 14.8 Å². The van der Waals surface area contributed by atoms with Gasteiger partial charge in [0.1, 0.15) is 12.4 Å². The number of hydrogen-bond acceptors (Lipinski definition) is 5. The van der Waals surface area contributed by atoms with Crippen LogP contribution in [0.25, 0.3) is 10.1 Å². The molecule has 0 aliphatic rings. The Morgan fingerprint density at radius 3 is 2.85 bits per heavy atom. The molecule has 3 aromatic rings. The highest BCUT2D eigenvalue weighted by molar-refractivity contribution is 7.21. The first-order valence-electron chi connectivity index (χ1n) is 8.12. The summed E-state index contributed by atoms with van der Waals surface area (Å²) >= 11 is 1.36. The van der Waals surface area contributed by atoms with E-state index in [9.17, 15) is 9.18 Å². The molecule has 5 nitrogen and oxygen atoms in total. The number of pyridine rings is 1. The molecule has 2 aromatic heterocycles. The molecule has 0 fully saturated rings. The number of hydrogen-bond donors (Lipinski definition) is 1. The fraction of sp³-hybridized carbons (Fsp3) is 0.263. The van der Waals surface area contributed by atoms with Crippen LogP contribution in [0, 0.1) is 12.7 Å². The Morgan fingerprint density at radius 1 is 1.27 bits per heavy atom. The number of ether oxygens (including phenoxy) is 2. The van der Waals surface area contributed by atoms with Crippen LogP contribution >= 0.6 is 11.3 Å². The summed E-state index contributed by atoms with van der Waals surface area (Å²) in [5.74, 6) is 0.0354. The van der Waals surface area contributed by atoms with Gasteiger partial charge in [0.15, 0.2) is 0 Å². The van der Waals surface area contributed by atoms with E-state index in [-0.39, 0.29) is 11.7 Å². The number of methoxy groups -OCH3 is 1. The maximum atomic E-state index is 13.4. The van der Waals surface area contributed by atoms with Gasteiger partial charge in [-0.25, -0.2) is 9.37 Å². The summed E-state index contributed by atoms with van der Waals surface area (Å²) in [6, 6.07) is 8.17. The van der Waals surface area contributed by atoms with Gasteiger partial charge in [-0.15, -0.1) is 11.3 Å². The van der Waals surface area contributed by atoms with Crippen molar-refractivity contribution in [2.75, 3.05) is 20.3 Å². The Bertz CT molecular complexity index is 909. The molecule has 0 saturated heterocycles. The van der Waals surface area contributed by atoms with Gasteiger partial charge in [-0.05, 0) is 41.6 Å². The van der Waals surface area contributed by atoms with Crippen molar-refractivity contribution in [2.24, 2.45) is 0 Å². The molecule has 1 aromatic carbocycles. The van der Waals surface area contributed by atoms with Crippen LogP contribution in [0.5, 0.6) is 5.88 Å². The Kier molecular flexibility index (Phi) is 5.80. The number of aryl methyl sites for hydroxylation is 1. The van der Waals surface area contributed by atoms with Crippen molar-refractivity contribution in [1.82, 2.24) is 10.3 Å². The van der Waals surface area contributed by atoms with Crippen molar-refractivity contribution in [2.45, 2.75) is 13.5 Å². The maximum Gasteiger partial charge on any atom is 0.261 e. The standard InChI is InChI=1S/C19H19FN2O3S/c1-12-15-9-14(20)4-5-16(15)26-18(12)19(23)22-11-13-3-6-17(21-10-13)25-8-7-24-2/h3-6,9-10H,7-8,11H2,1-2H3,(H,22,23). The lowest BCUT2D eigenvalue weighted by Crippen LogP contribution is -2.22. The molecule has 0 atom stereocenters. The minimum absolute atomic E-state index is 0.176. The van der Waals surface area contributed by atoms with E-state index in [0.29, 0.717) is 30.5 Å². The number of halogens is 1. The molecule has 3 rings (SSSR count). The lowest BCUT2D eigenvalue weighted by atomic mass is 10.1. The zero-order chi connectivity index (χ0) is 18.5. The van der Waals surface area contributed by atoms with Crippen LogP contribution in [0.3, 0.4) is 0 Å². The Balaban J connectivity index is 1.63. The molecular weight excluding hydrogens is 355 g/mol. The summed E-state index contributed by atoms with van der Waals surface area (Å²) < 4.78 is 24.6. The van der Waals surface area contributed by atoms with Crippen LogP contribution in [0.4, 0.5) is 4.39 Å². The van der Waals surface area contributed by atoms with E-state index in [1.165, 1.54) is 23.5 Å². The van der Waals surface area contributed by atoms with E-state index < -0.39 is 0 Å². The number of fused-ring (bicyclic) bond motifs is 1. The normalized spacial score (nSPS) is 10.9. The molecule has 0 radical (unpaired) electrons. The molecule has 0 saturated carbocycles. The predicted octanol–water partition coefficient (Wildman–Crippen LogP) is 3.70. The number of thiophene rings is 1. The van der Waals surface area contributed by atoms with E-state index in [0.717, 1.165) is 21.2 Å². The van der Waals surface area contributed by atoms with Crippen LogP contribution in [0.1, 0.15) is 20.8 Å². The number of carbonyl (C=O) groups excluding carboxylic acids is 1. The third-order valence-corrected chi connectivity index (χ3v) is 5.16. The van der Waals surface area contributed by atoms with Gasteiger partial charge in [-0.2, -0.15) is 0 Å². The lowest BCUT2D eigenvalue weighted by molar-refractivity contribution is 0.0954. The van der Waals surface area contributed by atoms with Crippen LogP contribution in [-0.2, 0) is 11.3 Å². The second-order valence-corrected chi connectivity index (χ2v) is 6.78. The zero-order valence-corrected chi connectivity index (χ0v) is 15.4. The number of rotatable bonds is 7.